The van der Waals surface area contributed by atoms with E-state index in [-0.39, 0.29) is 0 Å². The molecule has 108 valence electrons. The summed E-state index contributed by atoms with van der Waals surface area (Å²) in [7, 11) is -5.12. The summed E-state index contributed by atoms with van der Waals surface area (Å²) in [6.07, 6.45) is -2.50. The minimum Gasteiger partial charge on any atom is -0.264 e. The van der Waals surface area contributed by atoms with Gasteiger partial charge in [-0.25, -0.2) is 26.1 Å². The third-order valence-electron chi connectivity index (χ3n) is 2.17. The second kappa shape index (κ2) is 5.39. The minimum atomic E-state index is -5.12. The summed E-state index contributed by atoms with van der Waals surface area (Å²) < 4.78 is 98.4. The zero-order chi connectivity index (χ0) is 15.0. The fourth-order valence-electron chi connectivity index (χ4n) is 1.37. The molecule has 0 aliphatic heterocycles. The Hall–Kier alpha value is -1.26. The Balaban J connectivity index is 3.49. The van der Waals surface area contributed by atoms with Gasteiger partial charge >= 0.3 is 10.4 Å². The van der Waals surface area contributed by atoms with E-state index in [1.54, 1.807) is 0 Å². The smallest absolute Gasteiger partial charge is 0.264 e. The molecule has 0 saturated heterocycles. The zero-order valence-corrected chi connectivity index (χ0v) is 10.1. The van der Waals surface area contributed by atoms with E-state index in [0.717, 1.165) is 6.92 Å². The van der Waals surface area contributed by atoms with Crippen LogP contribution in [0.4, 0.5) is 22.0 Å². The second-order valence-corrected chi connectivity index (χ2v) is 4.45. The van der Waals surface area contributed by atoms with Crippen LogP contribution in [0, 0.1) is 29.1 Å². The Morgan fingerprint density at radius 2 is 1.37 bits per heavy atom. The number of hydrogen-bond donors (Lipinski definition) is 1. The first-order chi connectivity index (χ1) is 8.60. The van der Waals surface area contributed by atoms with Crippen LogP contribution < -0.4 is 0 Å². The van der Waals surface area contributed by atoms with Crippen molar-refractivity contribution in [2.75, 3.05) is 0 Å². The normalized spacial score (nSPS) is 13.6. The van der Waals surface area contributed by atoms with Crippen molar-refractivity contribution in [3.05, 3.63) is 34.6 Å². The predicted octanol–water partition coefficient (Wildman–Crippen LogP) is 2.65. The highest BCUT2D eigenvalue weighted by Gasteiger charge is 2.32. The maximum absolute atomic E-state index is 13.3. The molecule has 10 heteroatoms. The highest BCUT2D eigenvalue weighted by atomic mass is 32.3. The van der Waals surface area contributed by atoms with E-state index in [9.17, 15) is 30.4 Å². The van der Waals surface area contributed by atoms with Crippen LogP contribution >= 0.6 is 0 Å². The molecule has 1 aromatic rings. The third-order valence-corrected chi connectivity index (χ3v) is 2.65. The molecule has 1 rings (SSSR count). The molecule has 0 fully saturated rings. The molecule has 0 spiro atoms. The quantitative estimate of drug-likeness (QED) is 0.402. The van der Waals surface area contributed by atoms with Gasteiger partial charge in [-0.05, 0) is 6.42 Å². The maximum atomic E-state index is 13.3. The number of halogens is 5. The van der Waals surface area contributed by atoms with E-state index >= 15 is 0 Å². The van der Waals surface area contributed by atoms with Gasteiger partial charge in [-0.15, -0.1) is 0 Å². The lowest BCUT2D eigenvalue weighted by molar-refractivity contribution is 0.168. The molecule has 19 heavy (non-hydrogen) atoms. The zero-order valence-electron chi connectivity index (χ0n) is 9.25. The first kappa shape index (κ1) is 15.8. The molecule has 0 saturated carbocycles. The highest BCUT2D eigenvalue weighted by Crippen LogP contribution is 2.32. The van der Waals surface area contributed by atoms with Crippen molar-refractivity contribution in [1.82, 2.24) is 0 Å². The fourth-order valence-corrected chi connectivity index (χ4v) is 1.90. The maximum Gasteiger partial charge on any atom is 0.397 e. The lowest BCUT2D eigenvalue weighted by atomic mass is 10.0. The van der Waals surface area contributed by atoms with Crippen LogP contribution in [0.5, 0.6) is 0 Å². The molecule has 1 atom stereocenters. The van der Waals surface area contributed by atoms with Gasteiger partial charge in [-0.1, -0.05) is 6.92 Å². The van der Waals surface area contributed by atoms with E-state index in [2.05, 4.69) is 4.18 Å². The number of benzene rings is 1. The predicted molar refractivity (Wildman–Crippen MR) is 51.9 cm³/mol. The monoisotopic (exact) mass is 306 g/mol. The van der Waals surface area contributed by atoms with Gasteiger partial charge in [0, 0.05) is 0 Å². The first-order valence-corrected chi connectivity index (χ1v) is 6.13. The van der Waals surface area contributed by atoms with Crippen LogP contribution in [-0.4, -0.2) is 13.0 Å². The molecule has 1 aromatic carbocycles. The van der Waals surface area contributed by atoms with Crippen LogP contribution in [0.2, 0.25) is 0 Å². The summed E-state index contributed by atoms with van der Waals surface area (Å²) in [4.78, 5) is 0. The first-order valence-electron chi connectivity index (χ1n) is 4.77. The molecule has 4 nitrogen and oxygen atoms in total. The second-order valence-electron chi connectivity index (χ2n) is 3.40. The molecule has 1 N–H and O–H groups in total. The summed E-state index contributed by atoms with van der Waals surface area (Å²) in [5.41, 5.74) is -1.46. The lowest BCUT2D eigenvalue weighted by Gasteiger charge is -2.16. The molecule has 0 aliphatic rings. The summed E-state index contributed by atoms with van der Waals surface area (Å²) >= 11 is 0. The van der Waals surface area contributed by atoms with Crippen LogP contribution in [0.1, 0.15) is 25.0 Å². The van der Waals surface area contributed by atoms with Crippen LogP contribution in [0.25, 0.3) is 0 Å². The van der Waals surface area contributed by atoms with Crippen molar-refractivity contribution in [3.8, 4) is 0 Å². The standard InChI is InChI=1S/C9H7F5O4S/c1-2-3(18-19(15,16)17)4-5(10)7(12)9(14)8(13)6(4)11/h3H,2H2,1H3,(H,15,16,17). The van der Waals surface area contributed by atoms with Crippen molar-refractivity contribution in [2.45, 2.75) is 19.4 Å². The van der Waals surface area contributed by atoms with Gasteiger partial charge in [0.1, 0.15) is 6.10 Å². The molecule has 0 amide bonds. The van der Waals surface area contributed by atoms with E-state index in [1.165, 1.54) is 0 Å². The largest absolute Gasteiger partial charge is 0.397 e. The summed E-state index contributed by atoms with van der Waals surface area (Å²) in [6.45, 7) is 1.16. The fraction of sp³-hybridized carbons (Fsp3) is 0.333. The van der Waals surface area contributed by atoms with Gasteiger partial charge in [0.2, 0.25) is 5.82 Å². The van der Waals surface area contributed by atoms with E-state index in [1.807, 2.05) is 0 Å². The topological polar surface area (TPSA) is 63.6 Å². The van der Waals surface area contributed by atoms with Crippen molar-refractivity contribution < 1.29 is 39.1 Å². The van der Waals surface area contributed by atoms with Crippen molar-refractivity contribution in [2.24, 2.45) is 0 Å². The SMILES string of the molecule is CCC(OS(=O)(=O)O)c1c(F)c(F)c(F)c(F)c1F. The minimum absolute atomic E-state index is 0.460. The number of rotatable bonds is 4. The van der Waals surface area contributed by atoms with Gasteiger partial charge in [-0.2, -0.15) is 8.42 Å². The molecular weight excluding hydrogens is 299 g/mol. The van der Waals surface area contributed by atoms with E-state index in [0.29, 0.717) is 0 Å². The molecule has 0 bridgehead atoms. The summed E-state index contributed by atoms with van der Waals surface area (Å²) in [5.74, 6) is -11.3. The Morgan fingerprint density at radius 1 is 1.00 bits per heavy atom. The van der Waals surface area contributed by atoms with Crippen molar-refractivity contribution in [1.29, 1.82) is 0 Å². The van der Waals surface area contributed by atoms with Gasteiger partial charge in [0.15, 0.2) is 23.3 Å². The Morgan fingerprint density at radius 3 is 1.68 bits per heavy atom. The van der Waals surface area contributed by atoms with Crippen LogP contribution in [0.15, 0.2) is 0 Å². The molecular formula is C9H7F5O4S. The Kier molecular flexibility index (Phi) is 4.48. The average molecular weight is 306 g/mol. The third kappa shape index (κ3) is 3.19. The van der Waals surface area contributed by atoms with E-state index in [4.69, 9.17) is 4.55 Å². The molecule has 0 heterocycles. The van der Waals surface area contributed by atoms with Gasteiger partial charge < -0.3 is 0 Å². The van der Waals surface area contributed by atoms with Crippen LogP contribution in [0.3, 0.4) is 0 Å². The summed E-state index contributed by atoms with van der Waals surface area (Å²) in [5, 5.41) is 0. The highest BCUT2D eigenvalue weighted by molar-refractivity contribution is 7.80. The summed E-state index contributed by atoms with van der Waals surface area (Å²) in [6, 6.07) is 0. The molecule has 0 aromatic heterocycles. The average Bonchev–Trinajstić information content (AvgIpc) is 2.31. The molecule has 1 unspecified atom stereocenters. The number of hydrogen-bond acceptors (Lipinski definition) is 3. The molecule has 0 aliphatic carbocycles. The van der Waals surface area contributed by atoms with Crippen LogP contribution in [-0.2, 0) is 14.6 Å². The van der Waals surface area contributed by atoms with E-state index < -0.39 is 57.6 Å². The van der Waals surface area contributed by atoms with Gasteiger partial charge in [-0.3, -0.25) is 4.55 Å². The Labute approximate surface area is 104 Å². The van der Waals surface area contributed by atoms with Gasteiger partial charge in [0.05, 0.1) is 5.56 Å². The van der Waals surface area contributed by atoms with Gasteiger partial charge in [0.25, 0.3) is 0 Å². The Bertz CT molecular complexity index is 572. The van der Waals surface area contributed by atoms with Crippen molar-refractivity contribution in [3.63, 3.8) is 0 Å². The lowest BCUT2D eigenvalue weighted by Crippen LogP contribution is -2.16. The van der Waals surface area contributed by atoms with Crippen molar-refractivity contribution >= 4 is 10.4 Å². The molecule has 0 radical (unpaired) electrons.